The van der Waals surface area contributed by atoms with Crippen LogP contribution in [0.25, 0.3) is 0 Å². The van der Waals surface area contributed by atoms with E-state index in [2.05, 4.69) is 41.0 Å². The van der Waals surface area contributed by atoms with Crippen molar-refractivity contribution in [2.45, 2.75) is 50.6 Å². The zero-order chi connectivity index (χ0) is 18.5. The van der Waals surface area contributed by atoms with Crippen LogP contribution in [0.3, 0.4) is 0 Å². The molecule has 2 aliphatic heterocycles. The SMILES string of the molecule is Oc1ccc2c(c1)CCNC2Cc1ccc(OCCC2CCCCN2)cc1. The molecule has 4 rings (SSSR count). The summed E-state index contributed by atoms with van der Waals surface area (Å²) in [6.45, 7) is 2.88. The normalized spacial score (nSPS) is 22.2. The lowest BCUT2D eigenvalue weighted by atomic mass is 9.90. The Balaban J connectivity index is 1.31. The van der Waals surface area contributed by atoms with Gasteiger partial charge in [-0.2, -0.15) is 0 Å². The van der Waals surface area contributed by atoms with Gasteiger partial charge < -0.3 is 20.5 Å². The molecule has 144 valence electrons. The minimum atomic E-state index is 0.304. The predicted molar refractivity (Wildman–Crippen MR) is 108 cm³/mol. The molecule has 0 radical (unpaired) electrons. The highest BCUT2D eigenvalue weighted by molar-refractivity contribution is 5.39. The van der Waals surface area contributed by atoms with Crippen molar-refractivity contribution in [2.75, 3.05) is 19.7 Å². The molecule has 0 aromatic heterocycles. The maximum atomic E-state index is 9.71. The molecule has 1 saturated heterocycles. The highest BCUT2D eigenvalue weighted by Crippen LogP contribution is 2.29. The smallest absolute Gasteiger partial charge is 0.119 e. The molecule has 4 heteroatoms. The number of hydrogen-bond donors (Lipinski definition) is 3. The van der Waals surface area contributed by atoms with E-state index in [0.717, 1.165) is 44.7 Å². The molecule has 4 nitrogen and oxygen atoms in total. The van der Waals surface area contributed by atoms with Crippen molar-refractivity contribution in [3.05, 3.63) is 59.2 Å². The molecule has 2 heterocycles. The van der Waals surface area contributed by atoms with E-state index >= 15 is 0 Å². The second-order valence-corrected chi connectivity index (χ2v) is 7.77. The number of rotatable bonds is 6. The number of nitrogens with one attached hydrogen (secondary N) is 2. The van der Waals surface area contributed by atoms with Crippen LogP contribution in [-0.2, 0) is 12.8 Å². The summed E-state index contributed by atoms with van der Waals surface area (Å²) in [6.07, 6.45) is 6.92. The molecular weight excluding hydrogens is 336 g/mol. The molecule has 2 unspecified atom stereocenters. The molecule has 1 fully saturated rings. The second kappa shape index (κ2) is 8.77. The van der Waals surface area contributed by atoms with Crippen molar-refractivity contribution < 1.29 is 9.84 Å². The van der Waals surface area contributed by atoms with Crippen LogP contribution in [-0.4, -0.2) is 30.8 Å². The Morgan fingerprint density at radius 2 is 1.89 bits per heavy atom. The van der Waals surface area contributed by atoms with Gasteiger partial charge in [0.1, 0.15) is 11.5 Å². The van der Waals surface area contributed by atoms with E-state index in [9.17, 15) is 5.11 Å². The highest BCUT2D eigenvalue weighted by Gasteiger charge is 2.20. The zero-order valence-electron chi connectivity index (χ0n) is 15.9. The van der Waals surface area contributed by atoms with Crippen LogP contribution in [0.4, 0.5) is 0 Å². The molecule has 2 aliphatic rings. The van der Waals surface area contributed by atoms with Crippen LogP contribution in [0.1, 0.15) is 48.4 Å². The van der Waals surface area contributed by atoms with Crippen molar-refractivity contribution in [1.82, 2.24) is 10.6 Å². The third-order valence-electron chi connectivity index (χ3n) is 5.80. The van der Waals surface area contributed by atoms with Crippen molar-refractivity contribution >= 4 is 0 Å². The molecule has 2 atom stereocenters. The second-order valence-electron chi connectivity index (χ2n) is 7.77. The number of piperidine rings is 1. The lowest BCUT2D eigenvalue weighted by Gasteiger charge is -2.27. The Bertz CT molecular complexity index is 739. The number of phenolic OH excluding ortho intramolecular Hbond substituents is 1. The quantitative estimate of drug-likeness (QED) is 0.729. The molecule has 3 N–H and O–H groups in total. The van der Waals surface area contributed by atoms with Crippen molar-refractivity contribution in [3.8, 4) is 11.5 Å². The predicted octanol–water partition coefficient (Wildman–Crippen LogP) is 3.73. The molecule has 2 aromatic rings. The molecule has 0 spiro atoms. The zero-order valence-corrected chi connectivity index (χ0v) is 15.9. The summed E-state index contributed by atoms with van der Waals surface area (Å²) in [5, 5.41) is 16.9. The van der Waals surface area contributed by atoms with Crippen molar-refractivity contribution in [2.24, 2.45) is 0 Å². The van der Waals surface area contributed by atoms with Gasteiger partial charge in [0.2, 0.25) is 0 Å². The Morgan fingerprint density at radius 3 is 2.70 bits per heavy atom. The molecule has 2 aromatic carbocycles. The first-order valence-corrected chi connectivity index (χ1v) is 10.3. The molecular formula is C23H30N2O2. The van der Waals surface area contributed by atoms with Gasteiger partial charge in [-0.3, -0.25) is 0 Å². The Kier molecular flexibility index (Phi) is 5.95. The molecule has 0 amide bonds. The van der Waals surface area contributed by atoms with Gasteiger partial charge in [0.25, 0.3) is 0 Å². The van der Waals surface area contributed by atoms with Crippen molar-refractivity contribution in [3.63, 3.8) is 0 Å². The number of benzene rings is 2. The fraction of sp³-hybridized carbons (Fsp3) is 0.478. The van der Waals surface area contributed by atoms with Crippen LogP contribution >= 0.6 is 0 Å². The van der Waals surface area contributed by atoms with Gasteiger partial charge in [-0.1, -0.05) is 24.6 Å². The summed E-state index contributed by atoms with van der Waals surface area (Å²) in [7, 11) is 0. The summed E-state index contributed by atoms with van der Waals surface area (Å²) in [5.74, 6) is 1.32. The number of ether oxygens (including phenoxy) is 1. The van der Waals surface area contributed by atoms with Gasteiger partial charge in [-0.05, 0) is 86.1 Å². The van der Waals surface area contributed by atoms with Crippen LogP contribution < -0.4 is 15.4 Å². The third kappa shape index (κ3) is 4.82. The van der Waals surface area contributed by atoms with Crippen molar-refractivity contribution in [1.29, 1.82) is 0 Å². The summed E-state index contributed by atoms with van der Waals surface area (Å²) in [4.78, 5) is 0. The van der Waals surface area contributed by atoms with E-state index in [-0.39, 0.29) is 0 Å². The van der Waals surface area contributed by atoms with Gasteiger partial charge >= 0.3 is 0 Å². The Hall–Kier alpha value is -2.04. The van der Waals surface area contributed by atoms with E-state index < -0.39 is 0 Å². The minimum Gasteiger partial charge on any atom is -0.508 e. The monoisotopic (exact) mass is 366 g/mol. The lowest BCUT2D eigenvalue weighted by Crippen LogP contribution is -2.35. The number of phenols is 1. The largest absolute Gasteiger partial charge is 0.508 e. The van der Waals surface area contributed by atoms with Crippen LogP contribution in [0.2, 0.25) is 0 Å². The fourth-order valence-corrected chi connectivity index (χ4v) is 4.27. The lowest BCUT2D eigenvalue weighted by molar-refractivity contribution is 0.268. The van der Waals surface area contributed by atoms with E-state index in [1.165, 1.54) is 36.0 Å². The first-order chi connectivity index (χ1) is 13.3. The molecule has 27 heavy (non-hydrogen) atoms. The molecule has 0 saturated carbocycles. The molecule has 0 bridgehead atoms. The van der Waals surface area contributed by atoms with Gasteiger partial charge in [-0.15, -0.1) is 0 Å². The first-order valence-electron chi connectivity index (χ1n) is 10.3. The van der Waals surface area contributed by atoms with E-state index in [4.69, 9.17) is 4.74 Å². The standard InChI is InChI=1S/C23H30N2O2/c26-20-6-9-22-18(16-20)10-13-25-23(22)15-17-4-7-21(8-5-17)27-14-11-19-3-1-2-12-24-19/h4-9,16,19,23-26H,1-3,10-15H2. The average Bonchev–Trinajstić information content (AvgIpc) is 2.70. The number of hydrogen-bond acceptors (Lipinski definition) is 4. The maximum absolute atomic E-state index is 9.71. The minimum absolute atomic E-state index is 0.304. The first kappa shape index (κ1) is 18.3. The van der Waals surface area contributed by atoms with Crippen LogP contribution in [0.5, 0.6) is 11.5 Å². The van der Waals surface area contributed by atoms with E-state index in [0.29, 0.717) is 17.8 Å². The number of fused-ring (bicyclic) bond motifs is 1. The Labute approximate surface area is 161 Å². The third-order valence-corrected chi connectivity index (χ3v) is 5.80. The fourth-order valence-electron chi connectivity index (χ4n) is 4.27. The summed E-state index contributed by atoms with van der Waals surface area (Å²) >= 11 is 0. The summed E-state index contributed by atoms with van der Waals surface area (Å²) in [5.41, 5.74) is 3.86. The summed E-state index contributed by atoms with van der Waals surface area (Å²) < 4.78 is 5.94. The number of aromatic hydroxyl groups is 1. The molecule has 0 aliphatic carbocycles. The summed E-state index contributed by atoms with van der Waals surface area (Å²) in [6, 6.07) is 15.2. The van der Waals surface area contributed by atoms with Gasteiger partial charge in [-0.25, -0.2) is 0 Å². The Morgan fingerprint density at radius 1 is 1.00 bits per heavy atom. The average molecular weight is 367 g/mol. The van der Waals surface area contributed by atoms with Gasteiger partial charge in [0.05, 0.1) is 6.61 Å². The van der Waals surface area contributed by atoms with Crippen LogP contribution in [0, 0.1) is 0 Å². The van der Waals surface area contributed by atoms with Gasteiger partial charge in [0, 0.05) is 12.1 Å². The van der Waals surface area contributed by atoms with E-state index in [1.54, 1.807) is 6.07 Å². The van der Waals surface area contributed by atoms with E-state index in [1.807, 2.05) is 6.07 Å². The van der Waals surface area contributed by atoms with Crippen LogP contribution in [0.15, 0.2) is 42.5 Å². The van der Waals surface area contributed by atoms with Gasteiger partial charge in [0.15, 0.2) is 0 Å². The maximum Gasteiger partial charge on any atom is 0.119 e. The topological polar surface area (TPSA) is 53.5 Å². The highest BCUT2D eigenvalue weighted by atomic mass is 16.5.